The van der Waals surface area contributed by atoms with Crippen molar-refractivity contribution in [1.29, 1.82) is 0 Å². The third-order valence-corrected chi connectivity index (χ3v) is 3.21. The van der Waals surface area contributed by atoms with E-state index < -0.39 is 0 Å². The van der Waals surface area contributed by atoms with Gasteiger partial charge < -0.3 is 10.6 Å². The summed E-state index contributed by atoms with van der Waals surface area (Å²) in [6, 6.07) is 0. The van der Waals surface area contributed by atoms with Crippen LogP contribution in [0.1, 0.15) is 13.8 Å². The smallest absolute Gasteiger partial charge is 0.225 e. The normalized spacial score (nSPS) is 19.1. The first kappa shape index (κ1) is 10.6. The van der Waals surface area contributed by atoms with Gasteiger partial charge in [0.2, 0.25) is 5.95 Å². The summed E-state index contributed by atoms with van der Waals surface area (Å²) >= 11 is 5.72. The summed E-state index contributed by atoms with van der Waals surface area (Å²) in [6.07, 6.45) is 3.21. The Morgan fingerprint density at radius 1 is 1.40 bits per heavy atom. The van der Waals surface area contributed by atoms with Gasteiger partial charge in [0.05, 0.1) is 23.0 Å². The van der Waals surface area contributed by atoms with Gasteiger partial charge >= 0.3 is 0 Å². The third kappa shape index (κ3) is 1.92. The minimum Gasteiger partial charge on any atom is -0.337 e. The molecule has 0 aliphatic carbocycles. The number of nitrogens with two attached hydrogens (primary N) is 1. The summed E-state index contributed by atoms with van der Waals surface area (Å²) in [6.45, 7) is 5.90. The van der Waals surface area contributed by atoms with Gasteiger partial charge in [-0.25, -0.2) is 9.97 Å². The summed E-state index contributed by atoms with van der Waals surface area (Å²) in [5, 5.41) is 0.558. The van der Waals surface area contributed by atoms with Crippen molar-refractivity contribution in [1.82, 2.24) is 9.97 Å². The van der Waals surface area contributed by atoms with Crippen molar-refractivity contribution < 1.29 is 0 Å². The molecule has 5 heteroatoms. The van der Waals surface area contributed by atoms with E-state index in [-0.39, 0.29) is 5.54 Å². The molecule has 1 aromatic heterocycles. The Morgan fingerprint density at radius 2 is 1.93 bits per heavy atom. The maximum atomic E-state index is 6.18. The molecule has 1 aliphatic rings. The van der Waals surface area contributed by atoms with E-state index in [2.05, 4.69) is 28.7 Å². The first-order valence-corrected chi connectivity index (χ1v) is 5.40. The Labute approximate surface area is 94.5 Å². The molecular weight excluding hydrogens is 212 g/mol. The first-order valence-electron chi connectivity index (χ1n) is 5.03. The zero-order valence-corrected chi connectivity index (χ0v) is 9.70. The average Bonchev–Trinajstić information content (AvgIpc) is 2.14. The van der Waals surface area contributed by atoms with E-state index in [0.717, 1.165) is 13.1 Å². The average molecular weight is 227 g/mol. The molecule has 1 aromatic rings. The first-order chi connectivity index (χ1) is 7.01. The van der Waals surface area contributed by atoms with E-state index >= 15 is 0 Å². The van der Waals surface area contributed by atoms with Crippen LogP contribution in [0.25, 0.3) is 0 Å². The highest BCUT2D eigenvalue weighted by Gasteiger charge is 2.42. The van der Waals surface area contributed by atoms with E-state index in [1.54, 1.807) is 12.4 Å². The number of rotatable bonds is 2. The zero-order valence-electron chi connectivity index (χ0n) is 8.94. The number of aromatic nitrogens is 2. The maximum absolute atomic E-state index is 6.18. The second kappa shape index (κ2) is 3.61. The fraction of sp³-hybridized carbons (Fsp3) is 0.600. The predicted octanol–water partition coefficient (Wildman–Crippen LogP) is 1.30. The van der Waals surface area contributed by atoms with E-state index in [0.29, 0.717) is 16.9 Å². The van der Waals surface area contributed by atoms with Crippen molar-refractivity contribution in [2.45, 2.75) is 19.4 Å². The Balaban J connectivity index is 2.03. The SMILES string of the molecule is CC(C)C1(N)CN(c2ncc(Cl)cn2)C1. The summed E-state index contributed by atoms with van der Waals surface area (Å²) < 4.78 is 0. The van der Waals surface area contributed by atoms with Gasteiger partial charge in [-0.2, -0.15) is 0 Å². The number of hydrogen-bond acceptors (Lipinski definition) is 4. The van der Waals surface area contributed by atoms with Crippen molar-refractivity contribution in [2.24, 2.45) is 11.7 Å². The lowest BCUT2D eigenvalue weighted by Crippen LogP contribution is -2.70. The fourth-order valence-corrected chi connectivity index (χ4v) is 1.74. The molecule has 0 amide bonds. The van der Waals surface area contributed by atoms with Crippen LogP contribution in [0.3, 0.4) is 0 Å². The van der Waals surface area contributed by atoms with Gasteiger partial charge in [-0.15, -0.1) is 0 Å². The molecule has 2 N–H and O–H groups in total. The van der Waals surface area contributed by atoms with Crippen molar-refractivity contribution >= 4 is 17.5 Å². The van der Waals surface area contributed by atoms with Crippen LogP contribution >= 0.6 is 11.6 Å². The highest BCUT2D eigenvalue weighted by molar-refractivity contribution is 6.30. The minimum atomic E-state index is -0.0942. The van der Waals surface area contributed by atoms with Crippen LogP contribution in [0, 0.1) is 5.92 Å². The lowest BCUT2D eigenvalue weighted by atomic mass is 9.80. The molecule has 15 heavy (non-hydrogen) atoms. The molecule has 4 nitrogen and oxygen atoms in total. The lowest BCUT2D eigenvalue weighted by Gasteiger charge is -2.50. The quantitative estimate of drug-likeness (QED) is 0.826. The molecule has 1 aliphatic heterocycles. The molecular formula is C10H15ClN4. The minimum absolute atomic E-state index is 0.0942. The van der Waals surface area contributed by atoms with Gasteiger partial charge in [-0.05, 0) is 5.92 Å². The zero-order chi connectivity index (χ0) is 11.1. The van der Waals surface area contributed by atoms with Crippen LogP contribution in [0.15, 0.2) is 12.4 Å². The predicted molar refractivity (Wildman–Crippen MR) is 61.0 cm³/mol. The largest absolute Gasteiger partial charge is 0.337 e. The Morgan fingerprint density at radius 3 is 2.40 bits per heavy atom. The van der Waals surface area contributed by atoms with Crippen LogP contribution in [-0.2, 0) is 0 Å². The number of nitrogens with zero attached hydrogens (tertiary/aromatic N) is 3. The molecule has 0 radical (unpaired) electrons. The van der Waals surface area contributed by atoms with Gasteiger partial charge in [-0.3, -0.25) is 0 Å². The van der Waals surface area contributed by atoms with Gasteiger partial charge in [0, 0.05) is 13.1 Å². The fourth-order valence-electron chi connectivity index (χ4n) is 1.64. The number of halogens is 1. The molecule has 1 saturated heterocycles. The Bertz CT molecular complexity index is 343. The monoisotopic (exact) mass is 226 g/mol. The summed E-state index contributed by atoms with van der Waals surface area (Å²) in [7, 11) is 0. The van der Waals surface area contributed by atoms with Crippen LogP contribution in [0.2, 0.25) is 5.02 Å². The molecule has 0 saturated carbocycles. The van der Waals surface area contributed by atoms with Crippen LogP contribution in [-0.4, -0.2) is 28.6 Å². The molecule has 2 heterocycles. The Hall–Kier alpha value is -0.870. The number of anilines is 1. The molecule has 82 valence electrons. The van der Waals surface area contributed by atoms with E-state index in [1.807, 2.05) is 0 Å². The summed E-state index contributed by atoms with van der Waals surface area (Å²) in [5.41, 5.74) is 6.09. The second-order valence-corrected chi connectivity index (χ2v) is 4.88. The summed E-state index contributed by atoms with van der Waals surface area (Å²) in [5.74, 6) is 1.18. The van der Waals surface area contributed by atoms with Gasteiger partial charge in [-0.1, -0.05) is 25.4 Å². The Kier molecular flexibility index (Phi) is 2.56. The van der Waals surface area contributed by atoms with Crippen LogP contribution < -0.4 is 10.6 Å². The van der Waals surface area contributed by atoms with Crippen LogP contribution in [0.4, 0.5) is 5.95 Å². The molecule has 0 spiro atoms. The van der Waals surface area contributed by atoms with Gasteiger partial charge in [0.25, 0.3) is 0 Å². The third-order valence-electron chi connectivity index (χ3n) is 3.01. The summed E-state index contributed by atoms with van der Waals surface area (Å²) in [4.78, 5) is 10.4. The molecule has 2 rings (SSSR count). The standard InChI is InChI=1S/C10H15ClN4/c1-7(2)10(12)5-15(6-10)9-13-3-8(11)4-14-9/h3-4,7H,5-6,12H2,1-2H3. The number of hydrogen-bond donors (Lipinski definition) is 1. The van der Waals surface area contributed by atoms with E-state index in [4.69, 9.17) is 17.3 Å². The van der Waals surface area contributed by atoms with Crippen LogP contribution in [0.5, 0.6) is 0 Å². The second-order valence-electron chi connectivity index (χ2n) is 4.45. The molecule has 0 unspecified atom stereocenters. The van der Waals surface area contributed by atoms with Gasteiger partial charge in [0.1, 0.15) is 0 Å². The molecule has 0 atom stereocenters. The lowest BCUT2D eigenvalue weighted by molar-refractivity contribution is 0.242. The molecule has 0 bridgehead atoms. The van der Waals surface area contributed by atoms with Gasteiger partial charge in [0.15, 0.2) is 0 Å². The van der Waals surface area contributed by atoms with Crippen molar-refractivity contribution in [2.75, 3.05) is 18.0 Å². The van der Waals surface area contributed by atoms with E-state index in [1.165, 1.54) is 0 Å². The molecule has 0 aromatic carbocycles. The van der Waals surface area contributed by atoms with E-state index in [9.17, 15) is 0 Å². The molecule has 1 fully saturated rings. The highest BCUT2D eigenvalue weighted by atomic mass is 35.5. The van der Waals surface area contributed by atoms with Crippen molar-refractivity contribution in [3.63, 3.8) is 0 Å². The maximum Gasteiger partial charge on any atom is 0.225 e. The topological polar surface area (TPSA) is 55.0 Å². The van der Waals surface area contributed by atoms with Crippen molar-refractivity contribution in [3.05, 3.63) is 17.4 Å². The van der Waals surface area contributed by atoms with Crippen molar-refractivity contribution in [3.8, 4) is 0 Å². The highest BCUT2D eigenvalue weighted by Crippen LogP contribution is 2.28.